The number of hydrogen-bond donors (Lipinski definition) is 2. The van der Waals surface area contributed by atoms with Crippen molar-refractivity contribution in [2.75, 3.05) is 20.1 Å². The summed E-state index contributed by atoms with van der Waals surface area (Å²) >= 11 is 0. The van der Waals surface area contributed by atoms with Crippen LogP contribution in [0.25, 0.3) is 6.08 Å². The van der Waals surface area contributed by atoms with Gasteiger partial charge in [0.05, 0.1) is 30.7 Å². The molecule has 2 aromatic rings. The van der Waals surface area contributed by atoms with Crippen LogP contribution in [0.5, 0.6) is 11.5 Å². The van der Waals surface area contributed by atoms with Gasteiger partial charge in [0.25, 0.3) is 5.92 Å². The molecule has 10 heteroatoms. The average Bonchev–Trinajstić information content (AvgIpc) is 3.35. The Kier molecular flexibility index (Phi) is 5.69. The molecule has 0 unspecified atom stereocenters. The maximum absolute atomic E-state index is 16.7. The standard InChI is InChI=1S/C28H30F2N2O5.ClH/c1-31(22(34)7-4-17-9-11-36-14-17)19-8-10-26(35)21-12-18-5-6-20(33)24-23(18)28(26,25(19)37-24)27(29,30)15-32(21)13-16-2-3-16;/h4-7,9,11,14,16,19,21,25,33,35H,2-3,8,10,12-13,15H2,1H3;1H/b7-4+;/t19-,21-,25+,26-,28-;/m1./s1. The fourth-order valence-electron chi connectivity index (χ4n) is 7.71. The zero-order valence-electron chi connectivity index (χ0n) is 21.0. The summed E-state index contributed by atoms with van der Waals surface area (Å²) in [7, 11) is 1.58. The van der Waals surface area contributed by atoms with Gasteiger partial charge in [-0.1, -0.05) is 6.07 Å². The number of nitrogens with zero attached hydrogens (tertiary/aromatic N) is 2. The highest BCUT2D eigenvalue weighted by molar-refractivity contribution is 5.92. The smallest absolute Gasteiger partial charge is 0.276 e. The number of aromatic hydroxyl groups is 1. The summed E-state index contributed by atoms with van der Waals surface area (Å²) in [6.45, 7) is 0.0702. The van der Waals surface area contributed by atoms with Crippen LogP contribution in [-0.4, -0.2) is 75.8 Å². The van der Waals surface area contributed by atoms with Gasteiger partial charge in [0.15, 0.2) is 11.5 Å². The van der Waals surface area contributed by atoms with Gasteiger partial charge in [-0.25, -0.2) is 8.78 Å². The lowest BCUT2D eigenvalue weighted by Gasteiger charge is -2.66. The zero-order chi connectivity index (χ0) is 25.7. The molecule has 5 atom stereocenters. The number of likely N-dealkylation sites (tertiary alicyclic amines) is 1. The van der Waals surface area contributed by atoms with Crippen LogP contribution in [0.3, 0.4) is 0 Å². The Morgan fingerprint density at radius 3 is 2.76 bits per heavy atom. The van der Waals surface area contributed by atoms with Crippen molar-refractivity contribution >= 4 is 24.4 Å². The minimum absolute atomic E-state index is 0. The number of amides is 1. The number of aliphatic hydroxyl groups is 1. The van der Waals surface area contributed by atoms with E-state index in [-0.39, 0.29) is 41.8 Å². The number of benzene rings is 1. The molecule has 1 spiro atoms. The topological polar surface area (TPSA) is 86.4 Å². The second kappa shape index (κ2) is 8.44. The summed E-state index contributed by atoms with van der Waals surface area (Å²) in [5.74, 6) is -3.51. The molecule has 1 aromatic heterocycles. The summed E-state index contributed by atoms with van der Waals surface area (Å²) < 4.78 is 44.8. The first kappa shape index (κ1) is 25.6. The van der Waals surface area contributed by atoms with Crippen molar-refractivity contribution in [2.45, 2.75) is 67.2 Å². The van der Waals surface area contributed by atoms with Crippen LogP contribution in [0.2, 0.25) is 0 Å². The highest BCUT2D eigenvalue weighted by atomic mass is 35.5. The zero-order valence-corrected chi connectivity index (χ0v) is 21.8. The monoisotopic (exact) mass is 548 g/mol. The summed E-state index contributed by atoms with van der Waals surface area (Å²) in [5, 5.41) is 23.1. The highest BCUT2D eigenvalue weighted by Gasteiger charge is 2.83. The minimum atomic E-state index is -3.35. The van der Waals surface area contributed by atoms with Crippen LogP contribution < -0.4 is 4.74 Å². The fourth-order valence-corrected chi connectivity index (χ4v) is 7.71. The molecule has 0 radical (unpaired) electrons. The Hall–Kier alpha value is -2.62. The summed E-state index contributed by atoms with van der Waals surface area (Å²) in [6.07, 6.45) is 7.68. The van der Waals surface area contributed by atoms with Gasteiger partial charge in [-0.3, -0.25) is 9.69 Å². The van der Waals surface area contributed by atoms with Gasteiger partial charge in [-0.05, 0) is 61.8 Å². The molecule has 1 aromatic carbocycles. The molecule has 2 saturated carbocycles. The molecular formula is C28H31ClF2N2O5. The molecule has 7 rings (SSSR count). The van der Waals surface area contributed by atoms with Crippen molar-refractivity contribution in [3.63, 3.8) is 0 Å². The number of likely N-dealkylation sites (N-methyl/N-ethyl adjacent to an activating group) is 1. The van der Waals surface area contributed by atoms with Crippen LogP contribution in [0.4, 0.5) is 8.78 Å². The summed E-state index contributed by atoms with van der Waals surface area (Å²) in [6, 6.07) is 3.69. The van der Waals surface area contributed by atoms with Crippen LogP contribution in [0.15, 0.2) is 41.2 Å². The third-order valence-corrected chi connectivity index (χ3v) is 9.52. The largest absolute Gasteiger partial charge is 0.504 e. The van der Waals surface area contributed by atoms with E-state index in [2.05, 4.69) is 0 Å². The molecule has 38 heavy (non-hydrogen) atoms. The fraction of sp³-hybridized carbons (Fsp3) is 0.536. The first-order valence-electron chi connectivity index (χ1n) is 13.0. The Bertz CT molecular complexity index is 1300. The van der Waals surface area contributed by atoms with E-state index >= 15 is 8.78 Å². The molecule has 5 aliphatic rings. The molecular weight excluding hydrogens is 518 g/mol. The lowest BCUT2D eigenvalue weighted by atomic mass is 9.46. The van der Waals surface area contributed by atoms with Crippen LogP contribution in [0.1, 0.15) is 42.4 Å². The second-order valence-corrected chi connectivity index (χ2v) is 11.5. The Morgan fingerprint density at radius 2 is 2.05 bits per heavy atom. The third-order valence-electron chi connectivity index (χ3n) is 9.52. The molecule has 2 N–H and O–H groups in total. The molecule has 3 aliphatic carbocycles. The van der Waals surface area contributed by atoms with E-state index in [9.17, 15) is 15.0 Å². The number of rotatable bonds is 5. The number of halogens is 3. The molecule has 7 nitrogen and oxygen atoms in total. The van der Waals surface area contributed by atoms with Gasteiger partial charge in [-0.2, -0.15) is 0 Å². The second-order valence-electron chi connectivity index (χ2n) is 11.5. The Morgan fingerprint density at radius 1 is 1.26 bits per heavy atom. The SMILES string of the molecule is CN(C(=O)/C=C/c1ccoc1)[C@@H]1CC[C@@]2(O)[C@H]3Cc4ccc(O)c5c4[C@]2([C@H]1O5)C(F)(F)CN3CC1CC1.Cl. The molecule has 2 aliphatic heterocycles. The van der Waals surface area contributed by atoms with Crippen molar-refractivity contribution < 1.29 is 32.9 Å². The number of ether oxygens (including phenoxy) is 1. The van der Waals surface area contributed by atoms with Gasteiger partial charge >= 0.3 is 0 Å². The van der Waals surface area contributed by atoms with Gasteiger partial charge in [0.1, 0.15) is 11.5 Å². The van der Waals surface area contributed by atoms with E-state index in [1.807, 2.05) is 0 Å². The molecule has 1 amide bonds. The quantitative estimate of drug-likeness (QED) is 0.554. The Labute approximate surface area is 225 Å². The first-order chi connectivity index (χ1) is 17.7. The van der Waals surface area contributed by atoms with E-state index in [4.69, 9.17) is 9.15 Å². The van der Waals surface area contributed by atoms with Crippen LogP contribution in [-0.2, 0) is 16.6 Å². The molecule has 2 bridgehead atoms. The number of furan rings is 1. The maximum Gasteiger partial charge on any atom is 0.276 e. The third kappa shape index (κ3) is 3.21. The van der Waals surface area contributed by atoms with Gasteiger partial charge in [0.2, 0.25) is 5.91 Å². The highest BCUT2D eigenvalue weighted by Crippen LogP contribution is 2.69. The van der Waals surface area contributed by atoms with Crippen LogP contribution >= 0.6 is 12.4 Å². The van der Waals surface area contributed by atoms with E-state index in [0.717, 1.165) is 12.8 Å². The molecule has 3 fully saturated rings. The maximum atomic E-state index is 16.7. The summed E-state index contributed by atoms with van der Waals surface area (Å²) in [5.41, 5.74) is -2.19. The number of carbonyl (C=O) groups excluding carboxylic acids is 1. The van der Waals surface area contributed by atoms with Crippen molar-refractivity contribution in [3.8, 4) is 11.5 Å². The number of phenols is 1. The minimum Gasteiger partial charge on any atom is -0.504 e. The number of alkyl halides is 2. The van der Waals surface area contributed by atoms with Crippen molar-refractivity contribution in [1.82, 2.24) is 9.80 Å². The number of piperidine rings is 1. The van der Waals surface area contributed by atoms with Gasteiger partial charge in [-0.15, -0.1) is 12.4 Å². The van der Waals surface area contributed by atoms with Crippen molar-refractivity contribution in [3.05, 3.63) is 53.5 Å². The lowest BCUT2D eigenvalue weighted by molar-refractivity contribution is -0.288. The van der Waals surface area contributed by atoms with E-state index < -0.39 is 41.7 Å². The van der Waals surface area contributed by atoms with E-state index in [0.29, 0.717) is 36.4 Å². The number of carbonyl (C=O) groups is 1. The first-order valence-corrected chi connectivity index (χ1v) is 13.0. The molecule has 1 saturated heterocycles. The van der Waals surface area contributed by atoms with Crippen molar-refractivity contribution in [2.24, 2.45) is 5.92 Å². The molecule has 3 heterocycles. The Balaban J connectivity index is 0.00000264. The van der Waals surface area contributed by atoms with Gasteiger partial charge < -0.3 is 24.3 Å². The predicted molar refractivity (Wildman–Crippen MR) is 137 cm³/mol. The number of hydrogen-bond acceptors (Lipinski definition) is 6. The summed E-state index contributed by atoms with van der Waals surface area (Å²) in [4.78, 5) is 16.4. The molecule has 204 valence electrons. The lowest BCUT2D eigenvalue weighted by Crippen LogP contribution is -2.84. The van der Waals surface area contributed by atoms with Gasteiger partial charge in [0, 0.05) is 36.8 Å². The van der Waals surface area contributed by atoms with E-state index in [1.165, 1.54) is 29.6 Å². The predicted octanol–water partition coefficient (Wildman–Crippen LogP) is 3.76. The normalized spacial score (nSPS) is 34.4. The van der Waals surface area contributed by atoms with Crippen LogP contribution in [0, 0.1) is 5.92 Å². The average molecular weight is 549 g/mol. The van der Waals surface area contributed by atoms with E-state index in [1.54, 1.807) is 30.2 Å². The number of phenolic OH excluding ortho intramolecular Hbond substituents is 1. The van der Waals surface area contributed by atoms with Crippen molar-refractivity contribution in [1.29, 1.82) is 0 Å².